The molecular weight excluding hydrogens is 765 g/mol. The van der Waals surface area contributed by atoms with Gasteiger partial charge in [0.1, 0.15) is 32.6 Å². The Kier molecular flexibility index (Phi) is 10.8. The number of halogens is 2. The maximum atomic E-state index is 13.7. The van der Waals surface area contributed by atoms with Crippen molar-refractivity contribution in [3.8, 4) is 0 Å². The van der Waals surface area contributed by atoms with E-state index in [2.05, 4.69) is 35.2 Å². The van der Waals surface area contributed by atoms with Gasteiger partial charge in [-0.05, 0) is 33.8 Å². The zero-order chi connectivity index (χ0) is 37.0. The molecule has 0 aliphatic carbocycles. The number of rotatable bonds is 14. The van der Waals surface area contributed by atoms with Crippen molar-refractivity contribution >= 4 is 75.0 Å². The molecule has 4 heterocycles. The lowest BCUT2D eigenvalue weighted by Gasteiger charge is -2.49. The smallest absolute Gasteiger partial charge is 0.407 e. The minimum Gasteiger partial charge on any atom is -0.477 e. The number of anilines is 1. The Morgan fingerprint density at radius 1 is 1.02 bits per heavy atom. The van der Waals surface area contributed by atoms with Crippen LogP contribution in [-0.4, -0.2) is 77.6 Å². The monoisotopic (exact) mass is 791 g/mol. The van der Waals surface area contributed by atoms with Gasteiger partial charge in [0.05, 0.1) is 6.20 Å². The highest BCUT2D eigenvalue weighted by molar-refractivity contribution is 8.01. The summed E-state index contributed by atoms with van der Waals surface area (Å²) >= 11 is 4.92. The molecule has 5 aromatic rings. The number of aliphatic carboxylic acids is 1. The molecule has 2 aliphatic heterocycles. The maximum absolute atomic E-state index is 13.7. The Labute approximate surface area is 317 Å². The van der Waals surface area contributed by atoms with Gasteiger partial charge in [-0.15, -0.1) is 40.0 Å². The predicted octanol–water partition coefficient (Wildman–Crippen LogP) is 5.87. The van der Waals surface area contributed by atoms with Crippen molar-refractivity contribution in [2.24, 2.45) is 5.16 Å². The lowest BCUT2D eigenvalue weighted by Crippen LogP contribution is -2.71. The highest BCUT2D eigenvalue weighted by Crippen LogP contribution is 2.43. The van der Waals surface area contributed by atoms with Crippen LogP contribution in [0.4, 0.5) is 13.9 Å². The molecule has 3 N–H and O–H groups in total. The molecule has 1 saturated heterocycles. The minimum atomic E-state index is -3.34. The molecule has 2 aromatic heterocycles. The topological polar surface area (TPSA) is 159 Å². The van der Waals surface area contributed by atoms with Gasteiger partial charge >= 0.3 is 12.6 Å². The second-order valence-corrected chi connectivity index (χ2v) is 15.5. The first-order valence-corrected chi connectivity index (χ1v) is 19.5. The van der Waals surface area contributed by atoms with Crippen LogP contribution in [-0.2, 0) is 24.8 Å². The molecule has 0 spiro atoms. The molecule has 0 saturated carbocycles. The third-order valence-corrected chi connectivity index (χ3v) is 12.4. The Balaban J connectivity index is 1.16. The van der Waals surface area contributed by atoms with E-state index in [0.29, 0.717) is 16.5 Å². The Bertz CT molecular complexity index is 2060. The van der Waals surface area contributed by atoms with Gasteiger partial charge in [0.25, 0.3) is 11.8 Å². The number of nitrogens with one attached hydrogen (secondary N) is 2. The van der Waals surface area contributed by atoms with Crippen LogP contribution in [0.2, 0.25) is 0 Å². The molecule has 2 amide bonds. The molecule has 0 radical (unpaired) electrons. The van der Waals surface area contributed by atoms with Gasteiger partial charge in [0.2, 0.25) is 0 Å². The number of carbonyl (C=O) groups is 3. The van der Waals surface area contributed by atoms with Crippen LogP contribution in [0.25, 0.3) is 0 Å². The number of nitrogens with zero attached hydrogens (tertiary/aromatic N) is 5. The number of thioether (sulfide) groups is 2. The molecule has 1 fully saturated rings. The van der Waals surface area contributed by atoms with Crippen LogP contribution in [0.5, 0.6) is 0 Å². The van der Waals surface area contributed by atoms with Crippen molar-refractivity contribution in [2.75, 3.05) is 16.8 Å². The van der Waals surface area contributed by atoms with Gasteiger partial charge in [-0.3, -0.25) is 14.5 Å². The molecule has 0 bridgehead atoms. The number of amides is 2. The molecule has 18 heteroatoms. The fourth-order valence-corrected chi connectivity index (χ4v) is 9.72. The SMILES string of the molecule is O=C(O)C1=C(CSc2cnns2)CS[C@@H]2C(NC(=O)/C(=N/OC(F)F)c3csc(NC(c4ccccc4)(c4ccccc4)c4ccccc4)n3)C(=O)N12. The first-order valence-electron chi connectivity index (χ1n) is 15.8. The van der Waals surface area contributed by atoms with Crippen molar-refractivity contribution < 1.29 is 33.1 Å². The van der Waals surface area contributed by atoms with Crippen LogP contribution < -0.4 is 10.6 Å². The van der Waals surface area contributed by atoms with Crippen molar-refractivity contribution in [3.05, 3.63) is 136 Å². The summed E-state index contributed by atoms with van der Waals surface area (Å²) in [6.07, 6.45) is 1.57. The number of thiazole rings is 1. The molecule has 3 aromatic carbocycles. The standard InChI is InChI=1S/C35H27F2N7O5S4/c36-33(37)49-42-26(29(45)40-27-30(46)44-28(32(47)48)20(18-51-31(27)44)17-50-25-16-38-43-53-25)24-19-52-34(39-24)41-35(21-10-4-1-5-11-21,22-12-6-2-7-13-22)23-14-8-3-9-15-23/h1-16,19,27,31,33H,17-18H2,(H,39,41)(H,40,45)(H,47,48)/b42-26+/t27?,31-/m1/s1. The Hall–Kier alpha value is -5.17. The number of carbonyl (C=O) groups excluding carboxylic acids is 2. The number of aromatic nitrogens is 3. The van der Waals surface area contributed by atoms with E-state index in [1.54, 1.807) is 6.20 Å². The summed E-state index contributed by atoms with van der Waals surface area (Å²) < 4.78 is 31.1. The Morgan fingerprint density at radius 3 is 2.19 bits per heavy atom. The molecule has 270 valence electrons. The van der Waals surface area contributed by atoms with Crippen LogP contribution in [0.1, 0.15) is 22.4 Å². The Morgan fingerprint density at radius 2 is 1.64 bits per heavy atom. The molecule has 12 nitrogen and oxygen atoms in total. The summed E-state index contributed by atoms with van der Waals surface area (Å²) in [5, 5.41) is 24.4. The average Bonchev–Trinajstić information content (AvgIpc) is 3.88. The summed E-state index contributed by atoms with van der Waals surface area (Å²) in [7, 11) is 0. The number of oxime groups is 1. The van der Waals surface area contributed by atoms with E-state index in [1.807, 2.05) is 91.0 Å². The summed E-state index contributed by atoms with van der Waals surface area (Å²) in [5.74, 6) is -2.36. The van der Waals surface area contributed by atoms with Gasteiger partial charge in [-0.25, -0.2) is 9.78 Å². The molecule has 1 unspecified atom stereocenters. The number of hydrogen-bond donors (Lipinski definition) is 3. The van der Waals surface area contributed by atoms with Crippen molar-refractivity contribution in [1.82, 2.24) is 24.8 Å². The fraction of sp³-hybridized carbons (Fsp3) is 0.171. The second-order valence-electron chi connectivity index (χ2n) is 11.5. The minimum absolute atomic E-state index is 0.0818. The van der Waals surface area contributed by atoms with E-state index >= 15 is 0 Å². The van der Waals surface area contributed by atoms with Crippen LogP contribution in [0.3, 0.4) is 0 Å². The lowest BCUT2D eigenvalue weighted by atomic mass is 9.77. The van der Waals surface area contributed by atoms with Crippen molar-refractivity contribution in [2.45, 2.75) is 27.8 Å². The van der Waals surface area contributed by atoms with Crippen molar-refractivity contribution in [3.63, 3.8) is 0 Å². The van der Waals surface area contributed by atoms with Crippen molar-refractivity contribution in [1.29, 1.82) is 0 Å². The summed E-state index contributed by atoms with van der Waals surface area (Å²) in [5.41, 5.74) is 1.39. The van der Waals surface area contributed by atoms with Gasteiger partial charge in [-0.1, -0.05) is 101 Å². The largest absolute Gasteiger partial charge is 0.477 e. The predicted molar refractivity (Wildman–Crippen MR) is 199 cm³/mol. The van der Waals surface area contributed by atoms with E-state index < -0.39 is 47.1 Å². The second kappa shape index (κ2) is 15.8. The van der Waals surface area contributed by atoms with E-state index in [4.69, 9.17) is 0 Å². The van der Waals surface area contributed by atoms with Gasteiger partial charge in [0, 0.05) is 16.9 Å². The molecular formula is C35H27F2N7O5S4. The van der Waals surface area contributed by atoms with Gasteiger partial charge < -0.3 is 20.6 Å². The van der Waals surface area contributed by atoms with Crippen LogP contribution in [0, 0.1) is 0 Å². The normalized spacial score (nSPS) is 17.3. The quantitative estimate of drug-likeness (QED) is 0.0406. The number of benzene rings is 3. The molecule has 7 rings (SSSR count). The van der Waals surface area contributed by atoms with E-state index in [9.17, 15) is 28.3 Å². The lowest BCUT2D eigenvalue weighted by molar-refractivity contribution is -0.150. The number of β-lactam (4-membered cyclic amide) rings is 1. The number of fused-ring (bicyclic) bond motifs is 1. The zero-order valence-electron chi connectivity index (χ0n) is 27.2. The van der Waals surface area contributed by atoms with E-state index in [-0.39, 0.29) is 17.1 Å². The number of hydrogen-bond acceptors (Lipinski definition) is 13. The zero-order valence-corrected chi connectivity index (χ0v) is 30.4. The highest BCUT2D eigenvalue weighted by Gasteiger charge is 2.54. The first-order chi connectivity index (χ1) is 25.8. The average molecular weight is 792 g/mol. The number of alkyl halides is 2. The molecule has 53 heavy (non-hydrogen) atoms. The van der Waals surface area contributed by atoms with E-state index in [0.717, 1.165) is 37.1 Å². The number of carboxylic acids is 1. The maximum Gasteiger partial charge on any atom is 0.407 e. The van der Waals surface area contributed by atoms with E-state index in [1.165, 1.54) is 40.4 Å². The summed E-state index contributed by atoms with van der Waals surface area (Å²) in [6, 6.07) is 28.0. The third-order valence-electron chi connectivity index (χ3n) is 8.37. The van der Waals surface area contributed by atoms with Gasteiger partial charge in [0.15, 0.2) is 10.8 Å². The highest BCUT2D eigenvalue weighted by atomic mass is 32.2. The van der Waals surface area contributed by atoms with Crippen LogP contribution in [0.15, 0.2) is 123 Å². The fourth-order valence-electron chi connectivity index (χ4n) is 6.06. The van der Waals surface area contributed by atoms with Gasteiger partial charge in [-0.2, -0.15) is 8.78 Å². The number of carboxylic acid groups (broad SMARTS) is 1. The first kappa shape index (κ1) is 36.2. The summed E-state index contributed by atoms with van der Waals surface area (Å²) in [6.45, 7) is -3.34. The van der Waals surface area contributed by atoms with Crippen LogP contribution >= 0.6 is 46.4 Å². The third kappa shape index (κ3) is 7.39. The molecule has 2 aliphatic rings. The summed E-state index contributed by atoms with van der Waals surface area (Å²) in [4.78, 5) is 49.4. The molecule has 2 atom stereocenters.